The molecule has 5 heteroatoms. The summed E-state index contributed by atoms with van der Waals surface area (Å²) in [5.74, 6) is 2.02. The van der Waals surface area contributed by atoms with Gasteiger partial charge in [0.05, 0.1) is 4.90 Å². The van der Waals surface area contributed by atoms with Gasteiger partial charge >= 0.3 is 0 Å². The van der Waals surface area contributed by atoms with Crippen LogP contribution in [0.3, 0.4) is 0 Å². The molecule has 166 valence electrons. The van der Waals surface area contributed by atoms with Gasteiger partial charge in [-0.1, -0.05) is 53.2 Å². The van der Waals surface area contributed by atoms with Crippen molar-refractivity contribution in [2.75, 3.05) is 4.72 Å². The molecule has 0 amide bonds. The summed E-state index contributed by atoms with van der Waals surface area (Å²) in [6.07, 6.45) is 4.21. The van der Waals surface area contributed by atoms with Crippen LogP contribution in [0.2, 0.25) is 0 Å². The van der Waals surface area contributed by atoms with Crippen molar-refractivity contribution in [3.8, 4) is 0 Å². The molecule has 0 fully saturated rings. The third-order valence-electron chi connectivity index (χ3n) is 7.17. The number of furan rings is 1. The monoisotopic (exact) mass is 439 g/mol. The van der Waals surface area contributed by atoms with Crippen LogP contribution in [0.15, 0.2) is 51.8 Å². The summed E-state index contributed by atoms with van der Waals surface area (Å²) in [7, 11) is -3.65. The van der Waals surface area contributed by atoms with Crippen molar-refractivity contribution in [3.05, 3.63) is 59.4 Å². The zero-order chi connectivity index (χ0) is 22.4. The number of hydrogen-bond donors (Lipinski definition) is 1. The number of hydrogen-bond acceptors (Lipinski definition) is 3. The predicted octanol–water partition coefficient (Wildman–Crippen LogP) is 6.90. The minimum atomic E-state index is -3.65. The summed E-state index contributed by atoms with van der Waals surface area (Å²) in [4.78, 5) is 0.274. The van der Waals surface area contributed by atoms with E-state index in [9.17, 15) is 8.42 Å². The van der Waals surface area contributed by atoms with Crippen molar-refractivity contribution < 1.29 is 12.8 Å². The van der Waals surface area contributed by atoms with Gasteiger partial charge in [0.1, 0.15) is 11.3 Å². The standard InChI is InChI=1S/C26H33NO3S/c1-6-26(4,5)19-9-13-24-22(15-19)23-16-20(10-14-25(23)30-24)27-31(28,29)21-11-7-18(8-12-21)17(2)3/h7-8,10-12,14,16-17,19,27H,6,9,13,15H2,1-5H3/t19-/m1/s1. The highest BCUT2D eigenvalue weighted by Crippen LogP contribution is 2.43. The Bertz CT molecular complexity index is 1190. The van der Waals surface area contributed by atoms with Crippen LogP contribution >= 0.6 is 0 Å². The molecule has 1 aliphatic carbocycles. The molecule has 1 N–H and O–H groups in total. The van der Waals surface area contributed by atoms with E-state index < -0.39 is 10.0 Å². The lowest BCUT2D eigenvalue weighted by Gasteiger charge is -2.36. The van der Waals surface area contributed by atoms with Crippen LogP contribution in [0.1, 0.15) is 70.3 Å². The molecule has 1 aromatic heterocycles. The highest BCUT2D eigenvalue weighted by molar-refractivity contribution is 7.92. The third-order valence-corrected chi connectivity index (χ3v) is 8.57. The molecule has 0 radical (unpaired) electrons. The first-order valence-corrected chi connectivity index (χ1v) is 12.8. The fraction of sp³-hybridized carbons (Fsp3) is 0.462. The van der Waals surface area contributed by atoms with Gasteiger partial charge in [0, 0.05) is 23.1 Å². The molecule has 4 nitrogen and oxygen atoms in total. The molecule has 0 bridgehead atoms. The van der Waals surface area contributed by atoms with Gasteiger partial charge in [0.25, 0.3) is 10.0 Å². The number of anilines is 1. The molecule has 0 spiro atoms. The maximum Gasteiger partial charge on any atom is 0.261 e. The molecule has 31 heavy (non-hydrogen) atoms. The van der Waals surface area contributed by atoms with E-state index in [-0.39, 0.29) is 10.3 Å². The molecule has 0 unspecified atom stereocenters. The summed E-state index contributed by atoms with van der Waals surface area (Å²) in [5.41, 5.74) is 4.05. The van der Waals surface area contributed by atoms with Crippen molar-refractivity contribution >= 4 is 26.7 Å². The molecule has 1 heterocycles. The van der Waals surface area contributed by atoms with Crippen LogP contribution in [0, 0.1) is 11.3 Å². The normalized spacial score (nSPS) is 17.2. The smallest absolute Gasteiger partial charge is 0.261 e. The number of fused-ring (bicyclic) bond motifs is 3. The summed E-state index contributed by atoms with van der Waals surface area (Å²) in [6, 6.07) is 12.7. The van der Waals surface area contributed by atoms with Crippen LogP contribution in [-0.2, 0) is 22.9 Å². The largest absolute Gasteiger partial charge is 0.461 e. The topological polar surface area (TPSA) is 59.3 Å². The summed E-state index contributed by atoms with van der Waals surface area (Å²) < 4.78 is 34.7. The Labute approximate surface area is 186 Å². The SMILES string of the molecule is CCC(C)(C)[C@@H]1CCc2oc3ccc(NS(=O)(=O)c4ccc(C(C)C)cc4)cc3c2C1. The first kappa shape index (κ1) is 21.9. The second kappa shape index (κ2) is 8.01. The van der Waals surface area contributed by atoms with Gasteiger partial charge < -0.3 is 4.42 Å². The lowest BCUT2D eigenvalue weighted by Crippen LogP contribution is -2.28. The second-order valence-electron chi connectivity index (χ2n) is 9.83. The van der Waals surface area contributed by atoms with Crippen molar-refractivity contribution in [2.45, 2.75) is 71.1 Å². The molecule has 0 aliphatic heterocycles. The van der Waals surface area contributed by atoms with Crippen LogP contribution in [-0.4, -0.2) is 8.42 Å². The van der Waals surface area contributed by atoms with Crippen molar-refractivity contribution in [1.29, 1.82) is 0 Å². The minimum absolute atomic E-state index is 0.274. The third kappa shape index (κ3) is 4.25. The Balaban J connectivity index is 1.63. The maximum atomic E-state index is 12.9. The van der Waals surface area contributed by atoms with Crippen LogP contribution in [0.4, 0.5) is 5.69 Å². The number of nitrogens with one attached hydrogen (secondary N) is 1. The van der Waals surface area contributed by atoms with Crippen LogP contribution < -0.4 is 4.72 Å². The van der Waals surface area contributed by atoms with E-state index in [0.29, 0.717) is 17.5 Å². The predicted molar refractivity (Wildman–Crippen MR) is 127 cm³/mol. The zero-order valence-corrected chi connectivity index (χ0v) is 20.0. The fourth-order valence-corrected chi connectivity index (χ4v) is 5.59. The Morgan fingerprint density at radius 2 is 1.84 bits per heavy atom. The van der Waals surface area contributed by atoms with E-state index in [1.54, 1.807) is 18.2 Å². The Morgan fingerprint density at radius 1 is 1.13 bits per heavy atom. The van der Waals surface area contributed by atoms with Crippen LogP contribution in [0.5, 0.6) is 0 Å². The molecule has 0 saturated heterocycles. The molecule has 1 atom stereocenters. The number of rotatable bonds is 6. The van der Waals surface area contributed by atoms with E-state index in [1.165, 1.54) is 5.56 Å². The zero-order valence-electron chi connectivity index (χ0n) is 19.2. The number of aryl methyl sites for hydroxylation is 1. The van der Waals surface area contributed by atoms with Gasteiger partial charge in [-0.2, -0.15) is 0 Å². The molecule has 0 saturated carbocycles. The maximum absolute atomic E-state index is 12.9. The summed E-state index contributed by atoms with van der Waals surface area (Å²) in [5, 5.41) is 1.03. The first-order chi connectivity index (χ1) is 14.6. The van der Waals surface area contributed by atoms with Crippen LogP contribution in [0.25, 0.3) is 11.0 Å². The number of benzene rings is 2. The van der Waals surface area contributed by atoms with Crippen molar-refractivity contribution in [2.24, 2.45) is 11.3 Å². The van der Waals surface area contributed by atoms with Gasteiger partial charge in [0.2, 0.25) is 0 Å². The minimum Gasteiger partial charge on any atom is -0.461 e. The van der Waals surface area contributed by atoms with Crippen molar-refractivity contribution in [3.63, 3.8) is 0 Å². The molecular formula is C26H33NO3S. The van der Waals surface area contributed by atoms with E-state index in [4.69, 9.17) is 4.42 Å². The Kier molecular flexibility index (Phi) is 5.67. The highest BCUT2D eigenvalue weighted by Gasteiger charge is 2.33. The van der Waals surface area contributed by atoms with E-state index in [1.807, 2.05) is 24.3 Å². The molecular weight excluding hydrogens is 406 g/mol. The average Bonchev–Trinajstić information content (AvgIpc) is 3.10. The summed E-state index contributed by atoms with van der Waals surface area (Å²) in [6.45, 7) is 11.1. The van der Waals surface area contributed by atoms with E-state index >= 15 is 0 Å². The molecule has 3 aromatic rings. The quantitative estimate of drug-likeness (QED) is 0.454. The van der Waals surface area contributed by atoms with Gasteiger partial charge in [-0.15, -0.1) is 0 Å². The van der Waals surface area contributed by atoms with Gasteiger partial charge in [-0.25, -0.2) is 8.42 Å². The van der Waals surface area contributed by atoms with Gasteiger partial charge in [0.15, 0.2) is 0 Å². The fourth-order valence-electron chi connectivity index (χ4n) is 4.54. The van der Waals surface area contributed by atoms with E-state index in [0.717, 1.165) is 48.0 Å². The Morgan fingerprint density at radius 3 is 2.48 bits per heavy atom. The average molecular weight is 440 g/mol. The summed E-state index contributed by atoms with van der Waals surface area (Å²) >= 11 is 0. The lowest BCUT2D eigenvalue weighted by molar-refractivity contribution is 0.179. The van der Waals surface area contributed by atoms with Gasteiger partial charge in [-0.3, -0.25) is 4.72 Å². The van der Waals surface area contributed by atoms with Gasteiger partial charge in [-0.05, 0) is 66.0 Å². The van der Waals surface area contributed by atoms with E-state index in [2.05, 4.69) is 39.3 Å². The Hall–Kier alpha value is -2.27. The first-order valence-electron chi connectivity index (χ1n) is 11.3. The van der Waals surface area contributed by atoms with Crippen molar-refractivity contribution in [1.82, 2.24) is 0 Å². The number of sulfonamides is 1. The molecule has 2 aromatic carbocycles. The lowest BCUT2D eigenvalue weighted by atomic mass is 9.69. The second-order valence-corrected chi connectivity index (χ2v) is 11.5. The molecule has 4 rings (SSSR count). The highest BCUT2D eigenvalue weighted by atomic mass is 32.2. The molecule has 1 aliphatic rings.